The number of aliphatic hydroxyl groups is 1. The molecule has 0 aliphatic heterocycles. The Morgan fingerprint density at radius 2 is 2.15 bits per heavy atom. The fourth-order valence-corrected chi connectivity index (χ4v) is 2.66. The van der Waals surface area contributed by atoms with Gasteiger partial charge in [-0.1, -0.05) is 6.07 Å². The average Bonchev–Trinajstić information content (AvgIpc) is 2.93. The molecule has 1 aliphatic rings. The SMILES string of the molecule is Cc1nc2ccc(-c3cnc(C4(CO)CC4)[nH]3)cc2[nH]1. The fraction of sp³-hybridized carbons (Fsp3) is 0.333. The summed E-state index contributed by atoms with van der Waals surface area (Å²) in [4.78, 5) is 15.4. The number of benzene rings is 1. The number of aryl methyl sites for hydroxylation is 1. The van der Waals surface area contributed by atoms with Crippen LogP contribution in [0.15, 0.2) is 24.4 Å². The Bertz CT molecular complexity index is 782. The maximum Gasteiger partial charge on any atom is 0.115 e. The van der Waals surface area contributed by atoms with E-state index >= 15 is 0 Å². The molecule has 2 aromatic heterocycles. The molecule has 4 rings (SSSR count). The van der Waals surface area contributed by atoms with Crippen LogP contribution in [0.3, 0.4) is 0 Å². The van der Waals surface area contributed by atoms with Gasteiger partial charge in [-0.05, 0) is 31.9 Å². The van der Waals surface area contributed by atoms with Gasteiger partial charge in [0, 0.05) is 5.56 Å². The van der Waals surface area contributed by atoms with Crippen LogP contribution in [-0.2, 0) is 5.41 Å². The van der Waals surface area contributed by atoms with Gasteiger partial charge in [0.25, 0.3) is 0 Å². The molecule has 0 bridgehead atoms. The summed E-state index contributed by atoms with van der Waals surface area (Å²) >= 11 is 0. The maximum atomic E-state index is 9.46. The number of aromatic nitrogens is 4. The molecule has 0 atom stereocenters. The van der Waals surface area contributed by atoms with Gasteiger partial charge in [0.15, 0.2) is 0 Å². The molecule has 3 aromatic rings. The Balaban J connectivity index is 1.75. The molecular formula is C15H16N4O. The van der Waals surface area contributed by atoms with Crippen molar-refractivity contribution in [2.24, 2.45) is 0 Å². The molecule has 0 saturated heterocycles. The molecule has 102 valence electrons. The van der Waals surface area contributed by atoms with Crippen molar-refractivity contribution in [3.05, 3.63) is 36.0 Å². The summed E-state index contributed by atoms with van der Waals surface area (Å²) in [5.74, 6) is 1.82. The van der Waals surface area contributed by atoms with Gasteiger partial charge in [-0.2, -0.15) is 0 Å². The first-order valence-electron chi connectivity index (χ1n) is 6.83. The molecule has 3 N–H and O–H groups in total. The summed E-state index contributed by atoms with van der Waals surface area (Å²) in [7, 11) is 0. The van der Waals surface area contributed by atoms with Crippen molar-refractivity contribution in [2.45, 2.75) is 25.2 Å². The summed E-state index contributed by atoms with van der Waals surface area (Å²) < 4.78 is 0. The third-order valence-corrected chi connectivity index (χ3v) is 4.15. The van der Waals surface area contributed by atoms with Crippen molar-refractivity contribution in [1.82, 2.24) is 19.9 Å². The van der Waals surface area contributed by atoms with E-state index in [0.717, 1.165) is 46.8 Å². The van der Waals surface area contributed by atoms with Crippen LogP contribution in [-0.4, -0.2) is 31.6 Å². The number of fused-ring (bicyclic) bond motifs is 1. The summed E-state index contributed by atoms with van der Waals surface area (Å²) in [5, 5.41) is 9.46. The first-order chi connectivity index (χ1) is 9.70. The maximum absolute atomic E-state index is 9.46. The van der Waals surface area contributed by atoms with Crippen LogP contribution in [0.2, 0.25) is 0 Å². The second kappa shape index (κ2) is 3.93. The zero-order valence-corrected chi connectivity index (χ0v) is 11.3. The second-order valence-corrected chi connectivity index (χ2v) is 5.64. The van der Waals surface area contributed by atoms with E-state index in [1.165, 1.54) is 0 Å². The van der Waals surface area contributed by atoms with Crippen LogP contribution in [0.25, 0.3) is 22.3 Å². The van der Waals surface area contributed by atoms with Gasteiger partial charge in [-0.15, -0.1) is 0 Å². The minimum Gasteiger partial charge on any atom is -0.395 e. The predicted octanol–water partition coefficient (Wildman–Crippen LogP) is 2.29. The van der Waals surface area contributed by atoms with Crippen LogP contribution in [0.4, 0.5) is 0 Å². The molecule has 2 heterocycles. The molecule has 20 heavy (non-hydrogen) atoms. The summed E-state index contributed by atoms with van der Waals surface area (Å²) in [6.45, 7) is 2.12. The van der Waals surface area contributed by atoms with Crippen molar-refractivity contribution in [2.75, 3.05) is 6.61 Å². The summed E-state index contributed by atoms with van der Waals surface area (Å²) in [6.07, 6.45) is 3.86. The van der Waals surface area contributed by atoms with E-state index in [0.29, 0.717) is 0 Å². The van der Waals surface area contributed by atoms with Crippen molar-refractivity contribution in [3.8, 4) is 11.3 Å². The van der Waals surface area contributed by atoms with Crippen LogP contribution >= 0.6 is 0 Å². The van der Waals surface area contributed by atoms with E-state index in [1.54, 1.807) is 0 Å². The Kier molecular flexibility index (Phi) is 2.29. The fourth-order valence-electron chi connectivity index (χ4n) is 2.66. The number of hydrogen-bond donors (Lipinski definition) is 3. The van der Waals surface area contributed by atoms with E-state index in [1.807, 2.05) is 25.3 Å². The Morgan fingerprint density at radius 3 is 2.90 bits per heavy atom. The van der Waals surface area contributed by atoms with Crippen molar-refractivity contribution < 1.29 is 5.11 Å². The molecule has 0 amide bonds. The van der Waals surface area contributed by atoms with Gasteiger partial charge < -0.3 is 15.1 Å². The van der Waals surface area contributed by atoms with Crippen molar-refractivity contribution >= 4 is 11.0 Å². The minimum absolute atomic E-state index is 0.118. The molecule has 5 nitrogen and oxygen atoms in total. The van der Waals surface area contributed by atoms with Gasteiger partial charge in [0.2, 0.25) is 0 Å². The Labute approximate surface area is 116 Å². The summed E-state index contributed by atoms with van der Waals surface area (Å²) in [5.41, 5.74) is 3.94. The van der Waals surface area contributed by atoms with Crippen LogP contribution in [0.5, 0.6) is 0 Å². The number of rotatable bonds is 3. The van der Waals surface area contributed by atoms with Crippen molar-refractivity contribution in [1.29, 1.82) is 0 Å². The van der Waals surface area contributed by atoms with Gasteiger partial charge in [0.1, 0.15) is 11.6 Å². The van der Waals surface area contributed by atoms with Gasteiger partial charge >= 0.3 is 0 Å². The second-order valence-electron chi connectivity index (χ2n) is 5.64. The molecular weight excluding hydrogens is 252 g/mol. The van der Waals surface area contributed by atoms with Crippen LogP contribution in [0.1, 0.15) is 24.5 Å². The largest absolute Gasteiger partial charge is 0.395 e. The smallest absolute Gasteiger partial charge is 0.115 e. The van der Waals surface area contributed by atoms with E-state index in [-0.39, 0.29) is 12.0 Å². The number of hydrogen-bond acceptors (Lipinski definition) is 3. The molecule has 0 radical (unpaired) electrons. The first-order valence-corrected chi connectivity index (χ1v) is 6.83. The van der Waals surface area contributed by atoms with Gasteiger partial charge in [-0.25, -0.2) is 9.97 Å². The van der Waals surface area contributed by atoms with Gasteiger partial charge in [-0.3, -0.25) is 0 Å². The third kappa shape index (κ3) is 1.67. The molecule has 5 heteroatoms. The zero-order valence-electron chi connectivity index (χ0n) is 11.3. The van der Waals surface area contributed by atoms with E-state index in [4.69, 9.17) is 0 Å². The predicted molar refractivity (Wildman–Crippen MR) is 76.4 cm³/mol. The standard InChI is InChI=1S/C15H16N4O/c1-9-17-11-3-2-10(6-12(11)18-9)13-7-16-14(19-13)15(8-20)4-5-15/h2-3,6-7,20H,4-5,8H2,1H3,(H,16,19)(H,17,18). The Morgan fingerprint density at radius 1 is 1.30 bits per heavy atom. The number of aliphatic hydroxyl groups excluding tert-OH is 1. The Hall–Kier alpha value is -2.14. The normalized spacial score (nSPS) is 16.7. The monoisotopic (exact) mass is 268 g/mol. The highest BCUT2D eigenvalue weighted by Gasteiger charge is 2.46. The third-order valence-electron chi connectivity index (χ3n) is 4.15. The quantitative estimate of drug-likeness (QED) is 0.682. The minimum atomic E-state index is -0.118. The van der Waals surface area contributed by atoms with Crippen molar-refractivity contribution in [3.63, 3.8) is 0 Å². The number of nitrogens with one attached hydrogen (secondary N) is 2. The van der Waals surface area contributed by atoms with E-state index in [9.17, 15) is 5.11 Å². The number of imidazole rings is 2. The molecule has 1 aromatic carbocycles. The lowest BCUT2D eigenvalue weighted by molar-refractivity contribution is 0.250. The highest BCUT2D eigenvalue weighted by molar-refractivity contribution is 5.81. The topological polar surface area (TPSA) is 77.6 Å². The highest BCUT2D eigenvalue weighted by Crippen LogP contribution is 2.46. The lowest BCUT2D eigenvalue weighted by atomic mass is 10.1. The lowest BCUT2D eigenvalue weighted by Crippen LogP contribution is -2.13. The van der Waals surface area contributed by atoms with Crippen LogP contribution in [0, 0.1) is 6.92 Å². The number of H-pyrrole nitrogens is 2. The average molecular weight is 268 g/mol. The zero-order chi connectivity index (χ0) is 13.7. The highest BCUT2D eigenvalue weighted by atomic mass is 16.3. The van der Waals surface area contributed by atoms with Gasteiger partial charge in [0.05, 0.1) is 34.9 Å². The number of aromatic amines is 2. The first kappa shape index (κ1) is 11.7. The molecule has 1 aliphatic carbocycles. The molecule has 1 fully saturated rings. The van der Waals surface area contributed by atoms with E-state index < -0.39 is 0 Å². The molecule has 0 unspecified atom stereocenters. The van der Waals surface area contributed by atoms with E-state index in [2.05, 4.69) is 26.0 Å². The number of nitrogens with zero attached hydrogens (tertiary/aromatic N) is 2. The molecule has 1 saturated carbocycles. The molecule has 0 spiro atoms. The summed E-state index contributed by atoms with van der Waals surface area (Å²) in [6, 6.07) is 6.12. The lowest BCUT2D eigenvalue weighted by Gasteiger charge is -2.06. The van der Waals surface area contributed by atoms with Crippen LogP contribution < -0.4 is 0 Å².